The van der Waals surface area contributed by atoms with Gasteiger partial charge in [-0.15, -0.1) is 11.3 Å². The molecular weight excluding hydrogens is 348 g/mol. The fraction of sp³-hybridized carbons (Fsp3) is 0.667. The second-order valence-electron chi connectivity index (χ2n) is 5.61. The van der Waals surface area contributed by atoms with Crippen LogP contribution in [0.25, 0.3) is 0 Å². The highest BCUT2D eigenvalue weighted by Crippen LogP contribution is 2.39. The lowest BCUT2D eigenvalue weighted by Crippen LogP contribution is -2.41. The van der Waals surface area contributed by atoms with Gasteiger partial charge >= 0.3 is 0 Å². The Morgan fingerprint density at radius 3 is 2.74 bits per heavy atom. The van der Waals surface area contributed by atoms with Gasteiger partial charge in [0.15, 0.2) is 0 Å². The zero-order valence-corrected chi connectivity index (χ0v) is 14.3. The molecule has 0 saturated heterocycles. The fourth-order valence-electron chi connectivity index (χ4n) is 2.48. The molecule has 1 saturated carbocycles. The van der Waals surface area contributed by atoms with Crippen molar-refractivity contribution in [1.82, 2.24) is 4.72 Å². The molecule has 1 fully saturated rings. The van der Waals surface area contributed by atoms with Crippen LogP contribution in [0.5, 0.6) is 0 Å². The first-order chi connectivity index (χ1) is 8.76. The molecule has 1 aromatic rings. The number of hydrogen-bond donors (Lipinski definition) is 2. The standard InChI is InChI=1S/C12H19BrN2O2S2/c1-12(2)5-3-4-10(12)15-19(16,17)9-6-8(7-14)18-11(9)13/h6,10,15H,3-5,7,14H2,1-2H3. The summed E-state index contributed by atoms with van der Waals surface area (Å²) in [4.78, 5) is 1.17. The van der Waals surface area contributed by atoms with E-state index in [1.165, 1.54) is 11.3 Å². The number of thiophene rings is 1. The highest BCUT2D eigenvalue weighted by Gasteiger charge is 2.37. The minimum absolute atomic E-state index is 0.00521. The van der Waals surface area contributed by atoms with Gasteiger partial charge in [-0.3, -0.25) is 0 Å². The topological polar surface area (TPSA) is 72.2 Å². The molecule has 0 aliphatic heterocycles. The summed E-state index contributed by atoms with van der Waals surface area (Å²) in [5.74, 6) is 0. The molecule has 7 heteroatoms. The lowest BCUT2D eigenvalue weighted by atomic mass is 9.88. The fourth-order valence-corrected chi connectivity index (χ4v) is 6.48. The molecule has 0 bridgehead atoms. The molecule has 1 atom stereocenters. The second kappa shape index (κ2) is 5.44. The highest BCUT2D eigenvalue weighted by molar-refractivity contribution is 9.11. The van der Waals surface area contributed by atoms with E-state index in [4.69, 9.17) is 5.73 Å². The predicted molar refractivity (Wildman–Crippen MR) is 81.7 cm³/mol. The van der Waals surface area contributed by atoms with E-state index in [0.717, 1.165) is 24.1 Å². The summed E-state index contributed by atoms with van der Waals surface area (Å²) in [5.41, 5.74) is 5.58. The summed E-state index contributed by atoms with van der Waals surface area (Å²) >= 11 is 4.69. The van der Waals surface area contributed by atoms with Crippen molar-refractivity contribution in [2.75, 3.05) is 0 Å². The van der Waals surface area contributed by atoms with Crippen molar-refractivity contribution in [2.45, 2.75) is 50.6 Å². The summed E-state index contributed by atoms with van der Waals surface area (Å²) in [6.07, 6.45) is 3.02. The number of hydrogen-bond acceptors (Lipinski definition) is 4. The number of halogens is 1. The Hall–Kier alpha value is 0.0500. The minimum Gasteiger partial charge on any atom is -0.326 e. The van der Waals surface area contributed by atoms with E-state index in [1.54, 1.807) is 6.07 Å². The van der Waals surface area contributed by atoms with Crippen LogP contribution >= 0.6 is 27.3 Å². The summed E-state index contributed by atoms with van der Waals surface area (Å²) in [6, 6.07) is 1.66. The molecule has 3 N–H and O–H groups in total. The van der Waals surface area contributed by atoms with Gasteiger partial charge in [0.2, 0.25) is 10.0 Å². The summed E-state index contributed by atoms with van der Waals surface area (Å²) in [5, 5.41) is 0. The first kappa shape index (κ1) is 15.4. The van der Waals surface area contributed by atoms with Gasteiger partial charge in [-0.2, -0.15) is 0 Å². The van der Waals surface area contributed by atoms with Gasteiger partial charge in [-0.25, -0.2) is 13.1 Å². The average Bonchev–Trinajstić information content (AvgIpc) is 2.83. The largest absolute Gasteiger partial charge is 0.326 e. The van der Waals surface area contributed by atoms with E-state index < -0.39 is 10.0 Å². The lowest BCUT2D eigenvalue weighted by molar-refractivity contribution is 0.313. The van der Waals surface area contributed by atoms with Gasteiger partial charge in [0.1, 0.15) is 4.90 Å². The van der Waals surface area contributed by atoms with Crippen molar-refractivity contribution < 1.29 is 8.42 Å². The minimum atomic E-state index is -3.48. The van der Waals surface area contributed by atoms with Crippen molar-refractivity contribution in [2.24, 2.45) is 11.1 Å². The van der Waals surface area contributed by atoms with Crippen LogP contribution in [0.2, 0.25) is 0 Å². The number of sulfonamides is 1. The predicted octanol–water partition coefficient (Wildman–Crippen LogP) is 2.83. The monoisotopic (exact) mass is 366 g/mol. The first-order valence-corrected chi connectivity index (χ1v) is 9.36. The van der Waals surface area contributed by atoms with Crippen LogP contribution in [0.3, 0.4) is 0 Å². The third kappa shape index (κ3) is 3.21. The van der Waals surface area contributed by atoms with Crippen LogP contribution in [0, 0.1) is 5.41 Å². The molecule has 0 spiro atoms. The molecule has 1 aliphatic carbocycles. The van der Waals surface area contributed by atoms with Gasteiger partial charge in [-0.05, 0) is 40.3 Å². The van der Waals surface area contributed by atoms with Gasteiger partial charge in [0.25, 0.3) is 0 Å². The van der Waals surface area contributed by atoms with Gasteiger partial charge in [-0.1, -0.05) is 20.3 Å². The molecule has 0 aromatic carbocycles. The third-order valence-electron chi connectivity index (χ3n) is 3.75. The van der Waals surface area contributed by atoms with E-state index in [-0.39, 0.29) is 11.5 Å². The highest BCUT2D eigenvalue weighted by atomic mass is 79.9. The van der Waals surface area contributed by atoms with E-state index in [0.29, 0.717) is 15.2 Å². The Balaban J connectivity index is 2.25. The van der Waals surface area contributed by atoms with Crippen molar-refractivity contribution in [3.63, 3.8) is 0 Å². The molecule has 1 unspecified atom stereocenters. The van der Waals surface area contributed by atoms with Crippen LogP contribution in [0.15, 0.2) is 14.7 Å². The van der Waals surface area contributed by atoms with Crippen LogP contribution in [-0.4, -0.2) is 14.5 Å². The van der Waals surface area contributed by atoms with E-state index >= 15 is 0 Å². The smallest absolute Gasteiger partial charge is 0.242 e. The van der Waals surface area contributed by atoms with Gasteiger partial charge in [0, 0.05) is 17.5 Å². The number of nitrogens with two attached hydrogens (primary N) is 1. The SMILES string of the molecule is CC1(C)CCCC1NS(=O)(=O)c1cc(CN)sc1Br. The Morgan fingerprint density at radius 2 is 2.26 bits per heavy atom. The normalized spacial score (nSPS) is 22.8. The van der Waals surface area contributed by atoms with Crippen molar-refractivity contribution >= 4 is 37.3 Å². The molecular formula is C12H19BrN2O2S2. The molecule has 108 valence electrons. The first-order valence-electron chi connectivity index (χ1n) is 6.27. The van der Waals surface area contributed by atoms with Gasteiger partial charge in [0.05, 0.1) is 3.79 Å². The third-order valence-corrected chi connectivity index (χ3v) is 7.50. The van der Waals surface area contributed by atoms with E-state index in [1.807, 2.05) is 0 Å². The van der Waals surface area contributed by atoms with Crippen molar-refractivity contribution in [1.29, 1.82) is 0 Å². The zero-order chi connectivity index (χ0) is 14.3. The Bertz CT molecular complexity index is 566. The Labute approximate surface area is 127 Å². The molecule has 1 heterocycles. The molecule has 19 heavy (non-hydrogen) atoms. The second-order valence-corrected chi connectivity index (χ2v) is 9.75. The Kier molecular flexibility index (Phi) is 4.42. The summed E-state index contributed by atoms with van der Waals surface area (Å²) in [7, 11) is -3.48. The van der Waals surface area contributed by atoms with E-state index in [9.17, 15) is 8.42 Å². The maximum absolute atomic E-state index is 12.5. The maximum atomic E-state index is 12.5. The van der Waals surface area contributed by atoms with Crippen LogP contribution in [-0.2, 0) is 16.6 Å². The lowest BCUT2D eigenvalue weighted by Gasteiger charge is -2.27. The zero-order valence-electron chi connectivity index (χ0n) is 11.1. The molecule has 1 aliphatic rings. The maximum Gasteiger partial charge on any atom is 0.242 e. The number of nitrogens with one attached hydrogen (secondary N) is 1. The molecule has 0 radical (unpaired) electrons. The van der Waals surface area contributed by atoms with Crippen LogP contribution < -0.4 is 10.5 Å². The molecule has 0 amide bonds. The van der Waals surface area contributed by atoms with Gasteiger partial charge < -0.3 is 5.73 Å². The van der Waals surface area contributed by atoms with E-state index in [2.05, 4.69) is 34.5 Å². The summed E-state index contributed by atoms with van der Waals surface area (Å²) < 4.78 is 28.4. The average molecular weight is 367 g/mol. The van der Waals surface area contributed by atoms with Crippen molar-refractivity contribution in [3.05, 3.63) is 14.7 Å². The molecule has 4 nitrogen and oxygen atoms in total. The Morgan fingerprint density at radius 1 is 1.58 bits per heavy atom. The van der Waals surface area contributed by atoms with Crippen molar-refractivity contribution in [3.8, 4) is 0 Å². The molecule has 1 aromatic heterocycles. The quantitative estimate of drug-likeness (QED) is 0.860. The van der Waals surface area contributed by atoms with Crippen LogP contribution in [0.1, 0.15) is 38.0 Å². The molecule has 2 rings (SSSR count). The number of rotatable bonds is 4. The van der Waals surface area contributed by atoms with Crippen LogP contribution in [0.4, 0.5) is 0 Å². The summed E-state index contributed by atoms with van der Waals surface area (Å²) in [6.45, 7) is 4.58.